The molecule has 2 atom stereocenters. The Labute approximate surface area is 209 Å². The van der Waals surface area contributed by atoms with Crippen LogP contribution in [0.1, 0.15) is 50.8 Å². The van der Waals surface area contributed by atoms with E-state index in [1.807, 2.05) is 0 Å². The van der Waals surface area contributed by atoms with Crippen molar-refractivity contribution in [3.63, 3.8) is 0 Å². The second-order valence-electron chi connectivity index (χ2n) is 10.7. The Morgan fingerprint density at radius 2 is 1.51 bits per heavy atom. The monoisotopic (exact) mass is 488 g/mol. The first-order valence-electron chi connectivity index (χ1n) is 12.4. The maximum atomic E-state index is 12.8. The van der Waals surface area contributed by atoms with Gasteiger partial charge in [0.05, 0.1) is 6.04 Å². The van der Waals surface area contributed by atoms with E-state index in [4.69, 9.17) is 4.43 Å². The third kappa shape index (κ3) is 4.31. The normalized spacial score (nSPS) is 19.9. The summed E-state index contributed by atoms with van der Waals surface area (Å²) in [6.07, 6.45) is 2.84. The van der Waals surface area contributed by atoms with Crippen LogP contribution in [0, 0.1) is 0 Å². The number of likely N-dealkylation sites (tertiary alicyclic amines) is 1. The van der Waals surface area contributed by atoms with Gasteiger partial charge < -0.3 is 20.5 Å². The van der Waals surface area contributed by atoms with Crippen LogP contribution < -0.4 is 20.5 Å². The lowest BCUT2D eigenvalue weighted by atomic mass is 10.1. The summed E-state index contributed by atoms with van der Waals surface area (Å²) in [6, 6.07) is 28.1. The van der Waals surface area contributed by atoms with Gasteiger partial charge in [0.15, 0.2) is 6.04 Å². The van der Waals surface area contributed by atoms with Gasteiger partial charge in [-0.2, -0.15) is 0 Å². The minimum Gasteiger partial charge on any atom is -0.870 e. The number of carbonyl (C=O) groups excluding carboxylic acids is 1. The average Bonchev–Trinajstić information content (AvgIpc) is 3.40. The molecule has 1 fully saturated rings. The Balaban J connectivity index is 0.00000289. The van der Waals surface area contributed by atoms with Crippen LogP contribution in [0.4, 0.5) is 0 Å². The highest BCUT2D eigenvalue weighted by Crippen LogP contribution is 2.42. The van der Waals surface area contributed by atoms with Crippen molar-refractivity contribution in [2.75, 3.05) is 6.54 Å². The van der Waals surface area contributed by atoms with E-state index in [0.717, 1.165) is 31.6 Å². The molecule has 35 heavy (non-hydrogen) atoms. The number of amides is 1. The smallest absolute Gasteiger partial charge is 0.319 e. The molecule has 2 aliphatic rings. The van der Waals surface area contributed by atoms with Crippen molar-refractivity contribution in [2.45, 2.75) is 57.2 Å². The highest BCUT2D eigenvalue weighted by Gasteiger charge is 2.52. The fourth-order valence-corrected chi connectivity index (χ4v) is 10.3. The summed E-state index contributed by atoms with van der Waals surface area (Å²) >= 11 is 0. The van der Waals surface area contributed by atoms with E-state index in [9.17, 15) is 4.79 Å². The molecule has 4 N–H and O–H groups in total. The van der Waals surface area contributed by atoms with Crippen molar-refractivity contribution >= 4 is 24.6 Å². The van der Waals surface area contributed by atoms with Crippen molar-refractivity contribution in [1.29, 1.82) is 0 Å². The number of aryl methyl sites for hydroxylation is 1. The van der Waals surface area contributed by atoms with Gasteiger partial charge in [0.1, 0.15) is 5.75 Å². The van der Waals surface area contributed by atoms with E-state index in [1.54, 1.807) is 0 Å². The number of carbonyl (C=O) groups is 1. The van der Waals surface area contributed by atoms with E-state index in [2.05, 4.69) is 110 Å². The van der Waals surface area contributed by atoms with Crippen LogP contribution in [0.3, 0.4) is 0 Å². The minimum atomic E-state index is -2.69. The number of quaternary nitrogens is 1. The molecule has 5 rings (SSSR count). The Hall–Kier alpha value is -2.93. The molecule has 0 saturated carbocycles. The highest BCUT2D eigenvalue weighted by atomic mass is 28.4. The second-order valence-corrected chi connectivity index (χ2v) is 14.9. The van der Waals surface area contributed by atoms with E-state index >= 15 is 0 Å². The highest BCUT2D eigenvalue weighted by molar-refractivity contribution is 7.00. The predicted molar refractivity (Wildman–Crippen MR) is 141 cm³/mol. The lowest BCUT2D eigenvalue weighted by Crippen LogP contribution is -2.68. The average molecular weight is 489 g/mol. The van der Waals surface area contributed by atoms with Crippen molar-refractivity contribution in [3.8, 4) is 5.75 Å². The first-order chi connectivity index (χ1) is 16.3. The van der Waals surface area contributed by atoms with Crippen LogP contribution in [-0.2, 0) is 11.2 Å². The van der Waals surface area contributed by atoms with Crippen LogP contribution >= 0.6 is 0 Å². The summed E-state index contributed by atoms with van der Waals surface area (Å²) in [4.78, 5) is 14.8. The number of hydrogen-bond acceptors (Lipinski definition) is 3. The Morgan fingerprint density at radius 3 is 2.03 bits per heavy atom. The molecule has 3 aromatic carbocycles. The van der Waals surface area contributed by atoms with Gasteiger partial charge in [-0.3, -0.25) is 4.79 Å². The number of benzene rings is 3. The molecule has 3 aromatic rings. The zero-order valence-electron chi connectivity index (χ0n) is 20.9. The summed E-state index contributed by atoms with van der Waals surface area (Å²) in [7, 11) is -2.69. The quantitative estimate of drug-likeness (QED) is 0.559. The molecule has 0 aromatic heterocycles. The predicted octanol–water partition coefficient (Wildman–Crippen LogP) is 3.28. The molecule has 1 heterocycles. The molecule has 0 bridgehead atoms. The fraction of sp³-hybridized carbons (Fsp3) is 0.345. The third-order valence-electron chi connectivity index (χ3n) is 7.58. The molecule has 5 nitrogen and oxygen atoms in total. The van der Waals surface area contributed by atoms with E-state index in [-0.39, 0.29) is 28.5 Å². The topological polar surface area (TPSA) is 87.2 Å². The molecular formula is C29H36N2O3Si. The van der Waals surface area contributed by atoms with E-state index in [1.165, 1.54) is 21.5 Å². The summed E-state index contributed by atoms with van der Waals surface area (Å²) in [5.74, 6) is 1.09. The summed E-state index contributed by atoms with van der Waals surface area (Å²) in [5.41, 5.74) is 6.63. The molecule has 6 heteroatoms. The van der Waals surface area contributed by atoms with Crippen LogP contribution in [-0.4, -0.2) is 37.2 Å². The maximum Gasteiger partial charge on any atom is 0.319 e. The molecule has 184 valence electrons. The Morgan fingerprint density at radius 1 is 0.914 bits per heavy atom. The Bertz CT molecular complexity index is 1140. The molecule has 0 radical (unpaired) electrons. The summed E-state index contributed by atoms with van der Waals surface area (Å²) in [5, 5.41) is 2.43. The van der Waals surface area contributed by atoms with Gasteiger partial charge in [0.2, 0.25) is 0 Å². The number of rotatable bonds is 5. The minimum absolute atomic E-state index is 0. The zero-order valence-corrected chi connectivity index (χ0v) is 21.9. The fourth-order valence-electron chi connectivity index (χ4n) is 5.84. The molecular weight excluding hydrogens is 452 g/mol. The van der Waals surface area contributed by atoms with Gasteiger partial charge in [-0.1, -0.05) is 87.5 Å². The standard InChI is InChI=1S/C29H34N2O2Si.H2O/c1-29(2,3)34(23-10-6-4-7-11-23,24-12-8-5-9-13-24)33-22-16-14-21-15-17-27(25(21)20-22)31-19-18-26(30)28(31)32;/h4-14,16,20,26-27H,15,17-19,30H2,1-3H3;1H2/t26-,27-;/m1./s1. The summed E-state index contributed by atoms with van der Waals surface area (Å²) < 4.78 is 7.25. The van der Waals surface area contributed by atoms with Crippen LogP contribution in [0.2, 0.25) is 5.04 Å². The number of hydrogen-bond donors (Lipinski definition) is 1. The zero-order chi connectivity index (χ0) is 23.9. The van der Waals surface area contributed by atoms with Gasteiger partial charge in [0, 0.05) is 13.0 Å². The first-order valence-corrected chi connectivity index (χ1v) is 14.3. The van der Waals surface area contributed by atoms with E-state index in [0.29, 0.717) is 0 Å². The van der Waals surface area contributed by atoms with Gasteiger partial charge >= 0.3 is 8.32 Å². The lowest BCUT2D eigenvalue weighted by molar-refractivity contribution is -0.401. The van der Waals surface area contributed by atoms with Crippen LogP contribution in [0.15, 0.2) is 78.9 Å². The molecule has 1 amide bonds. The van der Waals surface area contributed by atoms with Gasteiger partial charge in [-0.25, -0.2) is 0 Å². The van der Waals surface area contributed by atoms with Gasteiger partial charge in [-0.15, -0.1) is 0 Å². The summed E-state index contributed by atoms with van der Waals surface area (Å²) in [6.45, 7) is 7.70. The first kappa shape index (κ1) is 25.2. The third-order valence-corrected chi connectivity index (χ3v) is 12.5. The molecule has 1 aliphatic heterocycles. The van der Waals surface area contributed by atoms with Crippen molar-refractivity contribution in [3.05, 3.63) is 90.0 Å². The molecule has 0 spiro atoms. The largest absolute Gasteiger partial charge is 0.870 e. The SMILES string of the molecule is CC(C)(C)[Si](Oc1ccc2c(c1)[C@H](N1CC[C@@H]([NH3+])C1=O)CC2)(c1ccccc1)c1ccccc1.[OH-]. The van der Waals surface area contributed by atoms with Gasteiger partial charge in [-0.05, 0) is 51.5 Å². The molecule has 1 aliphatic carbocycles. The van der Waals surface area contributed by atoms with Crippen LogP contribution in [0.5, 0.6) is 5.75 Å². The molecule has 1 saturated heterocycles. The molecule has 0 unspecified atom stereocenters. The number of nitrogens with zero attached hydrogens (tertiary/aromatic N) is 1. The van der Waals surface area contributed by atoms with Crippen molar-refractivity contribution < 1.29 is 20.4 Å². The van der Waals surface area contributed by atoms with Crippen LogP contribution in [0.25, 0.3) is 0 Å². The van der Waals surface area contributed by atoms with Crippen molar-refractivity contribution in [1.82, 2.24) is 4.90 Å². The van der Waals surface area contributed by atoms with Gasteiger partial charge in [0.25, 0.3) is 5.91 Å². The Kier molecular flexibility index (Phi) is 6.91. The maximum absolute atomic E-state index is 12.8. The van der Waals surface area contributed by atoms with Crippen molar-refractivity contribution in [2.24, 2.45) is 0 Å². The lowest BCUT2D eigenvalue weighted by Gasteiger charge is -2.43. The number of fused-ring (bicyclic) bond motifs is 1. The van der Waals surface area contributed by atoms with E-state index < -0.39 is 8.32 Å². The second kappa shape index (κ2) is 9.61.